The Balaban J connectivity index is 0. The van der Waals surface area contributed by atoms with E-state index in [1.807, 2.05) is 0 Å². The maximum Gasteiger partial charge on any atom is 1.00 e. The Hall–Kier alpha value is 0.870. The summed E-state index contributed by atoms with van der Waals surface area (Å²) in [6.45, 7) is 3.60. The van der Waals surface area contributed by atoms with Gasteiger partial charge in [0.2, 0.25) is 0 Å². The van der Waals surface area contributed by atoms with Crippen LogP contribution < -0.4 is 29.6 Å². The van der Waals surface area contributed by atoms with E-state index >= 15 is 0 Å². The molecule has 23 heavy (non-hydrogen) atoms. The van der Waals surface area contributed by atoms with Gasteiger partial charge in [-0.25, -0.2) is 8.42 Å². The fourth-order valence-corrected chi connectivity index (χ4v) is 3.13. The van der Waals surface area contributed by atoms with Crippen molar-refractivity contribution in [2.45, 2.75) is 109 Å². The largest absolute Gasteiger partial charge is 1.00 e. The van der Waals surface area contributed by atoms with Crippen LogP contribution >= 0.6 is 0 Å². The van der Waals surface area contributed by atoms with Gasteiger partial charge in [0.1, 0.15) is 0 Å². The van der Waals surface area contributed by atoms with Crippen molar-refractivity contribution in [1.29, 1.82) is 0 Å². The normalized spacial score (nSPS) is 14.3. The van der Waals surface area contributed by atoms with Crippen LogP contribution in [0.4, 0.5) is 0 Å². The van der Waals surface area contributed by atoms with E-state index in [2.05, 4.69) is 6.92 Å². The van der Waals surface area contributed by atoms with Crippen molar-refractivity contribution < 1.29 is 47.6 Å². The van der Waals surface area contributed by atoms with Crippen LogP contribution in [-0.2, 0) is 10.1 Å². The summed E-state index contributed by atoms with van der Waals surface area (Å²) in [5.74, 6) is 0. The van der Waals surface area contributed by atoms with Crippen molar-refractivity contribution in [2.24, 2.45) is 0 Å². The van der Waals surface area contributed by atoms with Crippen LogP contribution in [0.1, 0.15) is 97.3 Å². The summed E-state index contributed by atoms with van der Waals surface area (Å²) in [7, 11) is -4.09. The molecule has 6 heteroatoms. The van der Waals surface area contributed by atoms with Gasteiger partial charge in [-0.05, 0) is 26.2 Å². The van der Waals surface area contributed by atoms with Gasteiger partial charge in [0, 0.05) is 5.25 Å². The third-order valence-electron chi connectivity index (χ3n) is 4.26. The van der Waals surface area contributed by atoms with Gasteiger partial charge in [0.25, 0.3) is 0 Å². The van der Waals surface area contributed by atoms with E-state index in [9.17, 15) is 18.1 Å². The SMILES string of the molecule is CCCC(O)CCCCCCCCCCCC(C)S(=O)(=O)[O-].[Na+]. The molecule has 0 spiro atoms. The minimum atomic E-state index is -4.09. The maximum atomic E-state index is 10.7. The molecule has 0 radical (unpaired) electrons. The number of rotatable bonds is 15. The molecule has 0 aromatic heterocycles. The van der Waals surface area contributed by atoms with Gasteiger partial charge in [-0.1, -0.05) is 71.1 Å². The summed E-state index contributed by atoms with van der Waals surface area (Å²) in [5.41, 5.74) is 0. The summed E-state index contributed by atoms with van der Waals surface area (Å²) in [4.78, 5) is 0. The molecule has 0 fully saturated rings. The molecule has 134 valence electrons. The van der Waals surface area contributed by atoms with E-state index in [-0.39, 0.29) is 35.7 Å². The average molecular weight is 359 g/mol. The number of unbranched alkanes of at least 4 members (excludes halogenated alkanes) is 8. The molecule has 0 bridgehead atoms. The van der Waals surface area contributed by atoms with Gasteiger partial charge in [-0.2, -0.15) is 0 Å². The molecule has 0 aromatic rings. The van der Waals surface area contributed by atoms with Gasteiger partial charge < -0.3 is 9.66 Å². The number of aliphatic hydroxyl groups is 1. The summed E-state index contributed by atoms with van der Waals surface area (Å²) in [6.07, 6.45) is 13.5. The first-order valence-corrected chi connectivity index (χ1v) is 10.5. The third kappa shape index (κ3) is 17.5. The second-order valence-electron chi connectivity index (χ2n) is 6.51. The minimum Gasteiger partial charge on any atom is -0.748 e. The van der Waals surface area contributed by atoms with Crippen molar-refractivity contribution in [2.75, 3.05) is 0 Å². The molecule has 1 N–H and O–H groups in total. The van der Waals surface area contributed by atoms with Gasteiger partial charge in [-0.15, -0.1) is 0 Å². The number of aliphatic hydroxyl groups excluding tert-OH is 1. The molecular formula is C17H35NaO4S. The smallest absolute Gasteiger partial charge is 0.748 e. The molecule has 2 atom stereocenters. The van der Waals surface area contributed by atoms with Gasteiger partial charge in [0.05, 0.1) is 16.2 Å². The Morgan fingerprint density at radius 2 is 1.22 bits per heavy atom. The van der Waals surface area contributed by atoms with Gasteiger partial charge in [0.15, 0.2) is 0 Å². The van der Waals surface area contributed by atoms with E-state index < -0.39 is 15.4 Å². The second-order valence-corrected chi connectivity index (χ2v) is 8.30. The summed E-state index contributed by atoms with van der Waals surface area (Å²) < 4.78 is 32.2. The van der Waals surface area contributed by atoms with Crippen LogP contribution in [0.25, 0.3) is 0 Å². The fraction of sp³-hybridized carbons (Fsp3) is 1.00. The Morgan fingerprint density at radius 1 is 0.826 bits per heavy atom. The molecule has 0 saturated carbocycles. The number of hydrogen-bond donors (Lipinski definition) is 1. The Bertz CT molecular complexity index is 347. The molecule has 0 amide bonds. The molecule has 2 unspecified atom stereocenters. The van der Waals surface area contributed by atoms with Crippen molar-refractivity contribution in [3.63, 3.8) is 0 Å². The van der Waals surface area contributed by atoms with Crippen LogP contribution in [0.3, 0.4) is 0 Å². The van der Waals surface area contributed by atoms with Gasteiger partial charge >= 0.3 is 29.6 Å². The molecule has 4 nitrogen and oxygen atoms in total. The van der Waals surface area contributed by atoms with Crippen molar-refractivity contribution in [3.05, 3.63) is 0 Å². The standard InChI is InChI=1S/C17H36O4S.Na/c1-3-13-17(18)15-12-10-8-6-4-5-7-9-11-14-16(2)22(19,20)21;/h16-18H,3-15H2,1-2H3,(H,19,20,21);/q;+1/p-1. The van der Waals surface area contributed by atoms with E-state index in [1.165, 1.54) is 39.0 Å². The van der Waals surface area contributed by atoms with Crippen LogP contribution in [0.15, 0.2) is 0 Å². The fourth-order valence-electron chi connectivity index (χ4n) is 2.67. The summed E-state index contributed by atoms with van der Waals surface area (Å²) >= 11 is 0. The average Bonchev–Trinajstić information content (AvgIpc) is 2.43. The summed E-state index contributed by atoms with van der Waals surface area (Å²) in [6, 6.07) is 0. The van der Waals surface area contributed by atoms with Crippen LogP contribution in [0, 0.1) is 0 Å². The molecule has 0 aromatic carbocycles. The molecule has 0 saturated heterocycles. The monoisotopic (exact) mass is 358 g/mol. The van der Waals surface area contributed by atoms with E-state index in [0.717, 1.165) is 44.9 Å². The molecule has 0 aliphatic carbocycles. The van der Waals surface area contributed by atoms with Crippen molar-refractivity contribution in [1.82, 2.24) is 0 Å². The maximum absolute atomic E-state index is 10.7. The van der Waals surface area contributed by atoms with Crippen LogP contribution in [0.5, 0.6) is 0 Å². The Morgan fingerprint density at radius 3 is 1.61 bits per heavy atom. The first-order chi connectivity index (χ1) is 10.4. The van der Waals surface area contributed by atoms with Crippen LogP contribution in [-0.4, -0.2) is 29.4 Å². The third-order valence-corrected chi connectivity index (χ3v) is 5.48. The van der Waals surface area contributed by atoms with Gasteiger partial charge in [-0.3, -0.25) is 0 Å². The topological polar surface area (TPSA) is 77.4 Å². The Kier molecular flexibility index (Phi) is 18.5. The van der Waals surface area contributed by atoms with Crippen LogP contribution in [0.2, 0.25) is 0 Å². The zero-order chi connectivity index (χ0) is 16.8. The predicted molar refractivity (Wildman–Crippen MR) is 90.9 cm³/mol. The van der Waals surface area contributed by atoms with Crippen molar-refractivity contribution in [3.8, 4) is 0 Å². The minimum absolute atomic E-state index is 0. The van der Waals surface area contributed by atoms with Crippen molar-refractivity contribution >= 4 is 10.1 Å². The molecule has 0 aliphatic heterocycles. The second kappa shape index (κ2) is 16.3. The quantitative estimate of drug-likeness (QED) is 0.272. The first-order valence-electron chi connectivity index (χ1n) is 9.00. The molecule has 0 aliphatic rings. The zero-order valence-electron chi connectivity index (χ0n) is 15.4. The zero-order valence-corrected chi connectivity index (χ0v) is 18.2. The summed E-state index contributed by atoms with van der Waals surface area (Å²) in [5, 5.41) is 8.86. The van der Waals surface area contributed by atoms with E-state index in [4.69, 9.17) is 0 Å². The first kappa shape index (κ1) is 26.1. The Labute approximate surface area is 165 Å². The molecular weight excluding hydrogens is 323 g/mol. The number of hydrogen-bond acceptors (Lipinski definition) is 4. The molecule has 0 rings (SSSR count). The van der Waals surface area contributed by atoms with E-state index in [0.29, 0.717) is 6.42 Å². The van der Waals surface area contributed by atoms with E-state index in [1.54, 1.807) is 0 Å². The molecule has 0 heterocycles. The predicted octanol–water partition coefficient (Wildman–Crippen LogP) is 1.38.